The van der Waals surface area contributed by atoms with Gasteiger partial charge in [0.05, 0.1) is 26.8 Å². The van der Waals surface area contributed by atoms with E-state index in [4.69, 9.17) is 9.47 Å². The molecular weight excluding hydrogens is 502 g/mol. The lowest BCUT2D eigenvalue weighted by Crippen LogP contribution is -2.47. The molecule has 2 amide bonds. The average Bonchev–Trinajstić information content (AvgIpc) is 3.40. The minimum atomic E-state index is -0.157. The first-order valence-corrected chi connectivity index (χ1v) is 14.3. The van der Waals surface area contributed by atoms with Gasteiger partial charge in [-0.3, -0.25) is 9.59 Å². The van der Waals surface area contributed by atoms with E-state index in [1.54, 1.807) is 12.0 Å². The summed E-state index contributed by atoms with van der Waals surface area (Å²) in [7, 11) is 1.67. The van der Waals surface area contributed by atoms with E-state index in [1.807, 2.05) is 65.7 Å². The summed E-state index contributed by atoms with van der Waals surface area (Å²) in [6, 6.07) is 21.9. The number of rotatable bonds is 16. The number of nitrogens with zero attached hydrogens (tertiary/aromatic N) is 3. The molecule has 1 heterocycles. The van der Waals surface area contributed by atoms with Crippen LogP contribution in [0.3, 0.4) is 0 Å². The summed E-state index contributed by atoms with van der Waals surface area (Å²) < 4.78 is 13.3. The van der Waals surface area contributed by atoms with Gasteiger partial charge in [-0.1, -0.05) is 63.2 Å². The van der Waals surface area contributed by atoms with Crippen molar-refractivity contribution in [2.45, 2.75) is 66.3 Å². The fraction of sp³-hybridized carbons (Fsp3) is 0.455. The SMILES string of the molecule is CCC(C)N(Cc1cccn1Cc1cccc(OC)c1)C(=O)CN(CCC(C)C)C(=O)COCc1ccccc1. The molecule has 7 heteroatoms. The average molecular weight is 548 g/mol. The molecule has 7 nitrogen and oxygen atoms in total. The summed E-state index contributed by atoms with van der Waals surface area (Å²) in [6.45, 7) is 10.4. The van der Waals surface area contributed by atoms with E-state index in [1.165, 1.54) is 0 Å². The molecule has 1 aromatic heterocycles. The second-order valence-corrected chi connectivity index (χ2v) is 10.7. The van der Waals surface area contributed by atoms with Crippen LogP contribution >= 0.6 is 0 Å². The van der Waals surface area contributed by atoms with Crippen molar-refractivity contribution in [2.75, 3.05) is 26.8 Å². The van der Waals surface area contributed by atoms with Crippen LogP contribution in [0.25, 0.3) is 0 Å². The zero-order chi connectivity index (χ0) is 28.9. The molecular formula is C33H45N3O4. The van der Waals surface area contributed by atoms with E-state index >= 15 is 0 Å². The van der Waals surface area contributed by atoms with Gasteiger partial charge < -0.3 is 23.8 Å². The molecule has 0 N–H and O–H groups in total. The van der Waals surface area contributed by atoms with Crippen LogP contribution in [0.1, 0.15) is 57.4 Å². The number of methoxy groups -OCH3 is 1. The minimum absolute atomic E-state index is 0.0315. The lowest BCUT2D eigenvalue weighted by Gasteiger charge is -2.32. The Balaban J connectivity index is 1.69. The van der Waals surface area contributed by atoms with Crippen LogP contribution in [0.2, 0.25) is 0 Å². The highest BCUT2D eigenvalue weighted by Gasteiger charge is 2.25. The van der Waals surface area contributed by atoms with E-state index in [9.17, 15) is 9.59 Å². The highest BCUT2D eigenvalue weighted by atomic mass is 16.5. The molecule has 0 radical (unpaired) electrons. The number of carbonyl (C=O) groups is 2. The Morgan fingerprint density at radius 1 is 0.925 bits per heavy atom. The van der Waals surface area contributed by atoms with Crippen molar-refractivity contribution < 1.29 is 19.1 Å². The summed E-state index contributed by atoms with van der Waals surface area (Å²) in [5.41, 5.74) is 3.18. The molecule has 0 aliphatic carbocycles. The molecule has 0 saturated heterocycles. The van der Waals surface area contributed by atoms with Gasteiger partial charge in [-0.15, -0.1) is 0 Å². The predicted octanol–water partition coefficient (Wildman–Crippen LogP) is 5.76. The Kier molecular flexibility index (Phi) is 12.3. The summed E-state index contributed by atoms with van der Waals surface area (Å²) in [6.07, 6.45) is 3.68. The number of hydrogen-bond acceptors (Lipinski definition) is 4. The third kappa shape index (κ3) is 9.56. The van der Waals surface area contributed by atoms with Gasteiger partial charge in [0, 0.05) is 31.0 Å². The van der Waals surface area contributed by atoms with Gasteiger partial charge in [-0.2, -0.15) is 0 Å². The van der Waals surface area contributed by atoms with Crippen LogP contribution < -0.4 is 4.74 Å². The molecule has 3 aromatic rings. The fourth-order valence-electron chi connectivity index (χ4n) is 4.48. The van der Waals surface area contributed by atoms with Crippen molar-refractivity contribution in [3.63, 3.8) is 0 Å². The number of hydrogen-bond donors (Lipinski definition) is 0. The third-order valence-corrected chi connectivity index (χ3v) is 7.18. The molecule has 0 spiro atoms. The van der Waals surface area contributed by atoms with Crippen molar-refractivity contribution in [3.05, 3.63) is 89.7 Å². The Hall–Kier alpha value is -3.58. The highest BCUT2D eigenvalue weighted by molar-refractivity contribution is 5.85. The van der Waals surface area contributed by atoms with E-state index < -0.39 is 0 Å². The van der Waals surface area contributed by atoms with Crippen LogP contribution in [0.15, 0.2) is 72.9 Å². The molecule has 0 aliphatic heterocycles. The van der Waals surface area contributed by atoms with Gasteiger partial charge in [0.1, 0.15) is 12.4 Å². The summed E-state index contributed by atoms with van der Waals surface area (Å²) in [5, 5.41) is 0. The van der Waals surface area contributed by atoms with E-state index in [2.05, 4.69) is 44.4 Å². The summed E-state index contributed by atoms with van der Waals surface area (Å²) >= 11 is 0. The first-order chi connectivity index (χ1) is 19.3. The van der Waals surface area contributed by atoms with E-state index in [0.717, 1.165) is 35.4 Å². The van der Waals surface area contributed by atoms with Gasteiger partial charge in [0.2, 0.25) is 11.8 Å². The smallest absolute Gasteiger partial charge is 0.249 e. The summed E-state index contributed by atoms with van der Waals surface area (Å²) in [4.78, 5) is 30.5. The second-order valence-electron chi connectivity index (χ2n) is 10.7. The molecule has 40 heavy (non-hydrogen) atoms. The Bertz CT molecular complexity index is 1190. The van der Waals surface area contributed by atoms with Crippen molar-refractivity contribution in [1.82, 2.24) is 14.4 Å². The fourth-order valence-corrected chi connectivity index (χ4v) is 4.48. The van der Waals surface area contributed by atoms with Crippen molar-refractivity contribution >= 4 is 11.8 Å². The zero-order valence-corrected chi connectivity index (χ0v) is 24.7. The third-order valence-electron chi connectivity index (χ3n) is 7.18. The molecule has 1 unspecified atom stereocenters. The lowest BCUT2D eigenvalue weighted by molar-refractivity contribution is -0.145. The highest BCUT2D eigenvalue weighted by Crippen LogP contribution is 2.18. The quantitative estimate of drug-likeness (QED) is 0.229. The molecule has 2 aromatic carbocycles. The maximum Gasteiger partial charge on any atom is 0.249 e. The van der Waals surface area contributed by atoms with E-state index in [0.29, 0.717) is 32.2 Å². The van der Waals surface area contributed by atoms with Crippen molar-refractivity contribution in [2.24, 2.45) is 5.92 Å². The number of carbonyl (C=O) groups excluding carboxylic acids is 2. The Labute approximate surface area is 239 Å². The van der Waals surface area contributed by atoms with Gasteiger partial charge in [0.15, 0.2) is 0 Å². The van der Waals surface area contributed by atoms with Crippen LogP contribution in [-0.2, 0) is 34.0 Å². The van der Waals surface area contributed by atoms with Crippen LogP contribution in [-0.4, -0.2) is 59.0 Å². The normalized spacial score (nSPS) is 11.8. The van der Waals surface area contributed by atoms with Crippen LogP contribution in [0.4, 0.5) is 0 Å². The second kappa shape index (κ2) is 15.9. The zero-order valence-electron chi connectivity index (χ0n) is 24.7. The van der Waals surface area contributed by atoms with Gasteiger partial charge in [-0.05, 0) is 61.1 Å². The Morgan fingerprint density at radius 2 is 1.68 bits per heavy atom. The number of ether oxygens (including phenoxy) is 2. The molecule has 0 saturated carbocycles. The maximum atomic E-state index is 13.7. The molecule has 0 aliphatic rings. The number of amides is 2. The van der Waals surface area contributed by atoms with Gasteiger partial charge in [0.25, 0.3) is 0 Å². The van der Waals surface area contributed by atoms with Crippen LogP contribution in [0, 0.1) is 5.92 Å². The number of aromatic nitrogens is 1. The minimum Gasteiger partial charge on any atom is -0.497 e. The largest absolute Gasteiger partial charge is 0.497 e. The molecule has 0 fully saturated rings. The molecule has 1 atom stereocenters. The standard InChI is InChI=1S/C33H45N3O4/c1-6-27(4)36(22-30-15-11-18-34(30)21-29-14-10-16-31(20-29)39-5)32(37)23-35(19-17-26(2)3)33(38)25-40-24-28-12-8-7-9-13-28/h7-16,18,20,26-27H,6,17,19,21-25H2,1-5H3. The van der Waals surface area contributed by atoms with Gasteiger partial charge in [-0.25, -0.2) is 0 Å². The topological polar surface area (TPSA) is 64.0 Å². The summed E-state index contributed by atoms with van der Waals surface area (Å²) in [5.74, 6) is 1.03. The van der Waals surface area contributed by atoms with Gasteiger partial charge >= 0.3 is 0 Å². The molecule has 3 rings (SSSR count). The molecule has 216 valence electrons. The first kappa shape index (κ1) is 31.0. The monoisotopic (exact) mass is 547 g/mol. The van der Waals surface area contributed by atoms with Crippen molar-refractivity contribution in [1.29, 1.82) is 0 Å². The number of benzene rings is 2. The predicted molar refractivity (Wildman–Crippen MR) is 159 cm³/mol. The molecule has 0 bridgehead atoms. The van der Waals surface area contributed by atoms with Crippen molar-refractivity contribution in [3.8, 4) is 5.75 Å². The van der Waals surface area contributed by atoms with Crippen LogP contribution in [0.5, 0.6) is 5.75 Å². The van der Waals surface area contributed by atoms with E-state index in [-0.39, 0.29) is 31.0 Å². The first-order valence-electron chi connectivity index (χ1n) is 14.3. The lowest BCUT2D eigenvalue weighted by atomic mass is 10.1. The Morgan fingerprint density at radius 3 is 2.38 bits per heavy atom. The maximum absolute atomic E-state index is 13.7.